The van der Waals surface area contributed by atoms with Gasteiger partial charge in [0.25, 0.3) is 0 Å². The Morgan fingerprint density at radius 1 is 0.800 bits per heavy atom. The van der Waals surface area contributed by atoms with Gasteiger partial charge in [-0.1, -0.05) is 52.4 Å². The molecule has 15 heavy (non-hydrogen) atoms. The molecule has 0 N–H and O–H groups in total. The van der Waals surface area contributed by atoms with Gasteiger partial charge in [0.1, 0.15) is 0 Å². The molecule has 89 valence electrons. The third-order valence-electron chi connectivity index (χ3n) is 2.65. The number of unbranched alkanes of at least 4 members (excludes halogenated alkanes) is 6. The lowest BCUT2D eigenvalue weighted by atomic mass is 10.1. The number of nitrogens with zero attached hydrogens (tertiary/aromatic N) is 1. The van der Waals surface area contributed by atoms with Crippen LogP contribution < -0.4 is 0 Å². The lowest BCUT2D eigenvalue weighted by Gasteiger charge is -2.14. The summed E-state index contributed by atoms with van der Waals surface area (Å²) in [6.45, 7) is 6.09. The van der Waals surface area contributed by atoms with E-state index >= 15 is 0 Å². The van der Waals surface area contributed by atoms with Crippen LogP contribution in [-0.2, 0) is 4.79 Å². The van der Waals surface area contributed by atoms with Crippen LogP contribution in [0.4, 0.5) is 0 Å². The highest BCUT2D eigenvalue weighted by Gasteiger charge is 1.99. The highest BCUT2D eigenvalue weighted by atomic mass is 16.1. The predicted molar refractivity (Wildman–Crippen MR) is 65.6 cm³/mol. The Morgan fingerprint density at radius 2 is 1.40 bits per heavy atom. The Kier molecular flexibility index (Phi) is 11.1. The average Bonchev–Trinajstić information content (AvgIpc) is 2.26. The molecule has 0 atom stereocenters. The lowest BCUT2D eigenvalue weighted by Crippen LogP contribution is -2.23. The molecule has 0 saturated carbocycles. The number of amides is 1. The standard InChI is InChI=1S/C13H26NO/c1-3-5-6-7-8-9-10-12-14(13-15)11-4-2/h3-12H2,1-2H3. The first-order chi connectivity index (χ1) is 7.35. The van der Waals surface area contributed by atoms with Crippen LogP contribution in [0.25, 0.3) is 0 Å². The fourth-order valence-corrected chi connectivity index (χ4v) is 1.73. The zero-order valence-electron chi connectivity index (χ0n) is 10.4. The quantitative estimate of drug-likeness (QED) is 0.379. The monoisotopic (exact) mass is 212 g/mol. The molecule has 0 saturated heterocycles. The fraction of sp³-hybridized carbons (Fsp3) is 0.923. The maximum absolute atomic E-state index is 10.5. The summed E-state index contributed by atoms with van der Waals surface area (Å²) >= 11 is 0. The van der Waals surface area contributed by atoms with Crippen molar-refractivity contribution in [1.82, 2.24) is 4.90 Å². The first-order valence-electron chi connectivity index (χ1n) is 6.47. The molecular weight excluding hydrogens is 186 g/mol. The Bertz CT molecular complexity index is 136. The first kappa shape index (κ1) is 14.5. The van der Waals surface area contributed by atoms with Crippen molar-refractivity contribution in [3.05, 3.63) is 0 Å². The Hall–Kier alpha value is -0.530. The van der Waals surface area contributed by atoms with Crippen LogP contribution in [-0.4, -0.2) is 24.4 Å². The van der Waals surface area contributed by atoms with E-state index in [9.17, 15) is 4.79 Å². The van der Waals surface area contributed by atoms with Gasteiger partial charge < -0.3 is 4.90 Å². The molecule has 0 rings (SSSR count). The van der Waals surface area contributed by atoms with Crippen LogP contribution in [0, 0.1) is 0 Å². The second-order valence-electron chi connectivity index (χ2n) is 4.20. The average molecular weight is 212 g/mol. The van der Waals surface area contributed by atoms with Gasteiger partial charge in [0, 0.05) is 13.1 Å². The smallest absolute Gasteiger partial charge is 0.312 e. The van der Waals surface area contributed by atoms with E-state index in [0.29, 0.717) is 0 Å². The second kappa shape index (κ2) is 11.5. The Balaban J connectivity index is 3.17. The molecule has 0 unspecified atom stereocenters. The highest BCUT2D eigenvalue weighted by Crippen LogP contribution is 2.07. The largest absolute Gasteiger partial charge is 0.334 e. The Labute approximate surface area is 95.0 Å². The molecule has 1 radical (unpaired) electrons. The van der Waals surface area contributed by atoms with E-state index in [1.54, 1.807) is 4.90 Å². The van der Waals surface area contributed by atoms with Crippen LogP contribution in [0.15, 0.2) is 0 Å². The minimum Gasteiger partial charge on any atom is -0.334 e. The summed E-state index contributed by atoms with van der Waals surface area (Å²) < 4.78 is 0. The number of rotatable bonds is 11. The lowest BCUT2D eigenvalue weighted by molar-refractivity contribution is 0.367. The van der Waals surface area contributed by atoms with Crippen molar-refractivity contribution in [1.29, 1.82) is 0 Å². The van der Waals surface area contributed by atoms with Crippen molar-refractivity contribution in [2.45, 2.75) is 65.2 Å². The fourth-order valence-electron chi connectivity index (χ4n) is 1.73. The van der Waals surface area contributed by atoms with Crippen LogP contribution in [0.5, 0.6) is 0 Å². The molecular formula is C13H26NO. The van der Waals surface area contributed by atoms with Crippen LogP contribution >= 0.6 is 0 Å². The molecule has 0 bridgehead atoms. The number of hydrogen-bond acceptors (Lipinski definition) is 1. The van der Waals surface area contributed by atoms with Crippen LogP contribution in [0.2, 0.25) is 0 Å². The van der Waals surface area contributed by atoms with Crippen molar-refractivity contribution >= 4 is 6.41 Å². The van der Waals surface area contributed by atoms with Gasteiger partial charge in [0.15, 0.2) is 0 Å². The summed E-state index contributed by atoms with van der Waals surface area (Å²) in [7, 11) is 0. The van der Waals surface area contributed by atoms with Crippen molar-refractivity contribution in [3.63, 3.8) is 0 Å². The molecule has 0 spiro atoms. The van der Waals surface area contributed by atoms with Crippen molar-refractivity contribution in [2.75, 3.05) is 13.1 Å². The zero-order valence-corrected chi connectivity index (χ0v) is 10.4. The van der Waals surface area contributed by atoms with E-state index in [0.717, 1.165) is 25.9 Å². The van der Waals surface area contributed by atoms with E-state index in [-0.39, 0.29) is 0 Å². The second-order valence-corrected chi connectivity index (χ2v) is 4.20. The highest BCUT2D eigenvalue weighted by molar-refractivity contribution is 5.47. The van der Waals surface area contributed by atoms with Gasteiger partial charge >= 0.3 is 6.41 Å². The van der Waals surface area contributed by atoms with E-state index in [1.165, 1.54) is 38.5 Å². The minimum atomic E-state index is 0.860. The molecule has 0 aromatic rings. The van der Waals surface area contributed by atoms with Crippen LogP contribution in [0.1, 0.15) is 65.2 Å². The van der Waals surface area contributed by atoms with Gasteiger partial charge in [-0.3, -0.25) is 4.79 Å². The van der Waals surface area contributed by atoms with E-state index < -0.39 is 0 Å². The molecule has 2 nitrogen and oxygen atoms in total. The van der Waals surface area contributed by atoms with Gasteiger partial charge in [0.05, 0.1) is 0 Å². The maximum atomic E-state index is 10.5. The predicted octanol–water partition coefficient (Wildman–Crippen LogP) is 3.52. The Morgan fingerprint density at radius 3 is 1.93 bits per heavy atom. The van der Waals surface area contributed by atoms with Gasteiger partial charge in [-0.25, -0.2) is 0 Å². The molecule has 0 fully saturated rings. The molecule has 1 amide bonds. The normalized spacial score (nSPS) is 10.3. The molecule has 0 aromatic heterocycles. The maximum Gasteiger partial charge on any atom is 0.312 e. The summed E-state index contributed by atoms with van der Waals surface area (Å²) in [6, 6.07) is 0. The minimum absolute atomic E-state index is 0.860. The summed E-state index contributed by atoms with van der Waals surface area (Å²) in [5, 5.41) is 0. The zero-order chi connectivity index (χ0) is 11.4. The summed E-state index contributed by atoms with van der Waals surface area (Å²) in [4.78, 5) is 12.3. The summed E-state index contributed by atoms with van der Waals surface area (Å²) in [5.41, 5.74) is 0. The van der Waals surface area contributed by atoms with E-state index in [2.05, 4.69) is 13.8 Å². The first-order valence-corrected chi connectivity index (χ1v) is 6.47. The molecule has 0 heterocycles. The van der Waals surface area contributed by atoms with Crippen molar-refractivity contribution in [3.8, 4) is 0 Å². The SMILES string of the molecule is CCCCCCCCCN([C]=O)CCC. The van der Waals surface area contributed by atoms with Gasteiger partial charge in [-0.2, -0.15) is 0 Å². The molecule has 0 aromatic carbocycles. The van der Waals surface area contributed by atoms with Crippen molar-refractivity contribution in [2.24, 2.45) is 0 Å². The molecule has 0 aliphatic rings. The van der Waals surface area contributed by atoms with E-state index in [1.807, 2.05) is 6.41 Å². The van der Waals surface area contributed by atoms with Crippen molar-refractivity contribution < 1.29 is 4.79 Å². The van der Waals surface area contributed by atoms with Gasteiger partial charge in [-0.05, 0) is 12.8 Å². The summed E-state index contributed by atoms with van der Waals surface area (Å²) in [6.07, 6.45) is 12.1. The molecule has 0 aliphatic carbocycles. The molecule has 2 heteroatoms. The number of hydrogen-bond donors (Lipinski definition) is 0. The number of carbonyl (C=O) groups excluding carboxylic acids is 1. The topological polar surface area (TPSA) is 20.3 Å². The van der Waals surface area contributed by atoms with Crippen LogP contribution in [0.3, 0.4) is 0 Å². The van der Waals surface area contributed by atoms with Gasteiger partial charge in [0.2, 0.25) is 0 Å². The third-order valence-corrected chi connectivity index (χ3v) is 2.65. The third kappa shape index (κ3) is 9.77. The summed E-state index contributed by atoms with van der Waals surface area (Å²) in [5.74, 6) is 0. The van der Waals surface area contributed by atoms with E-state index in [4.69, 9.17) is 0 Å². The molecule has 0 aliphatic heterocycles. The van der Waals surface area contributed by atoms with Gasteiger partial charge in [-0.15, -0.1) is 0 Å².